The van der Waals surface area contributed by atoms with Crippen LogP contribution in [0, 0.1) is 21.4 Å². The monoisotopic (exact) mass is 320 g/mol. The summed E-state index contributed by atoms with van der Waals surface area (Å²) in [5.74, 6) is 0.754. The topological polar surface area (TPSA) is 110 Å². The largest absolute Gasteiger partial charge is 0.380 e. The van der Waals surface area contributed by atoms with E-state index in [0.29, 0.717) is 12.2 Å². The molecule has 0 aliphatic rings. The van der Waals surface area contributed by atoms with Crippen molar-refractivity contribution in [3.8, 4) is 11.9 Å². The molecular weight excluding hydrogens is 308 g/mol. The molecule has 0 amide bonds. The van der Waals surface area contributed by atoms with Gasteiger partial charge >= 0.3 is 0 Å². The lowest BCUT2D eigenvalue weighted by atomic mass is 10.1. The van der Waals surface area contributed by atoms with E-state index in [2.05, 4.69) is 15.3 Å². The number of non-ortho nitro benzene ring substituents is 1. The summed E-state index contributed by atoms with van der Waals surface area (Å²) in [5.41, 5.74) is 1.58. The number of benzene rings is 1. The number of rotatable bonds is 5. The summed E-state index contributed by atoms with van der Waals surface area (Å²) >= 11 is 0. The summed E-state index contributed by atoms with van der Waals surface area (Å²) in [5, 5.41) is 23.0. The minimum absolute atomic E-state index is 0.108. The summed E-state index contributed by atoms with van der Waals surface area (Å²) in [4.78, 5) is 18.5. The molecule has 0 bridgehead atoms. The van der Waals surface area contributed by atoms with Crippen molar-refractivity contribution in [1.29, 1.82) is 5.26 Å². The number of nitrogens with one attached hydrogen (secondary N) is 1. The van der Waals surface area contributed by atoms with Gasteiger partial charge in [-0.05, 0) is 17.7 Å². The number of aromatic nitrogens is 3. The highest BCUT2D eigenvalue weighted by Crippen LogP contribution is 2.22. The molecule has 0 atom stereocenters. The highest BCUT2D eigenvalue weighted by Gasteiger charge is 2.10. The second kappa shape index (κ2) is 6.58. The zero-order valence-electron chi connectivity index (χ0n) is 12.5. The molecular formula is C16H12N6O2. The molecule has 8 nitrogen and oxygen atoms in total. The minimum Gasteiger partial charge on any atom is -0.380 e. The third-order valence-corrected chi connectivity index (χ3v) is 3.40. The zero-order valence-corrected chi connectivity index (χ0v) is 12.5. The molecule has 2 heterocycles. The lowest BCUT2D eigenvalue weighted by Crippen LogP contribution is -2.03. The number of nitro groups is 1. The first-order chi connectivity index (χ1) is 11.7. The van der Waals surface area contributed by atoms with E-state index in [9.17, 15) is 10.1 Å². The van der Waals surface area contributed by atoms with Crippen LogP contribution in [0.25, 0.3) is 5.82 Å². The van der Waals surface area contributed by atoms with Gasteiger partial charge in [-0.2, -0.15) is 5.26 Å². The van der Waals surface area contributed by atoms with Crippen molar-refractivity contribution in [2.24, 2.45) is 0 Å². The number of nitrogens with zero attached hydrogens (tertiary/aromatic N) is 5. The number of hydrogen-bond acceptors (Lipinski definition) is 6. The Kier molecular flexibility index (Phi) is 4.16. The molecule has 1 N–H and O–H groups in total. The van der Waals surface area contributed by atoms with E-state index in [1.807, 2.05) is 18.2 Å². The Balaban J connectivity index is 1.72. The number of imidazole rings is 1. The van der Waals surface area contributed by atoms with Crippen molar-refractivity contribution in [2.45, 2.75) is 6.54 Å². The van der Waals surface area contributed by atoms with Crippen LogP contribution in [0.15, 0.2) is 55.2 Å². The van der Waals surface area contributed by atoms with Gasteiger partial charge in [-0.25, -0.2) is 9.97 Å². The highest BCUT2D eigenvalue weighted by molar-refractivity contribution is 5.61. The van der Waals surface area contributed by atoms with Crippen molar-refractivity contribution in [1.82, 2.24) is 14.5 Å². The average molecular weight is 320 g/mol. The molecule has 2 aromatic heterocycles. The number of pyridine rings is 1. The molecule has 1 aromatic carbocycles. The van der Waals surface area contributed by atoms with Gasteiger partial charge in [-0.15, -0.1) is 0 Å². The summed E-state index contributed by atoms with van der Waals surface area (Å²) < 4.78 is 1.79. The maximum atomic E-state index is 10.8. The maximum absolute atomic E-state index is 10.8. The zero-order chi connectivity index (χ0) is 16.9. The van der Waals surface area contributed by atoms with Crippen LogP contribution in [0.2, 0.25) is 0 Å². The summed E-state index contributed by atoms with van der Waals surface area (Å²) in [6.45, 7) is 0.448. The average Bonchev–Trinajstić information content (AvgIpc) is 3.14. The number of nitro benzene ring substituents is 1. The van der Waals surface area contributed by atoms with Gasteiger partial charge in [0.05, 0.1) is 16.2 Å². The second-order valence-electron chi connectivity index (χ2n) is 4.95. The van der Waals surface area contributed by atoms with Gasteiger partial charge < -0.3 is 5.32 Å². The smallest absolute Gasteiger partial charge is 0.270 e. The molecule has 0 aliphatic carbocycles. The number of anilines is 1. The Morgan fingerprint density at radius 3 is 2.83 bits per heavy atom. The van der Waals surface area contributed by atoms with E-state index >= 15 is 0 Å². The fourth-order valence-corrected chi connectivity index (χ4v) is 2.16. The molecule has 0 aliphatic heterocycles. The van der Waals surface area contributed by atoms with E-state index in [-0.39, 0.29) is 11.3 Å². The Morgan fingerprint density at radius 2 is 2.21 bits per heavy atom. The van der Waals surface area contributed by atoms with Gasteiger partial charge in [0, 0.05) is 37.3 Å². The normalized spacial score (nSPS) is 10.1. The molecule has 24 heavy (non-hydrogen) atoms. The van der Waals surface area contributed by atoms with Crippen LogP contribution in [0.1, 0.15) is 11.1 Å². The van der Waals surface area contributed by atoms with Crippen molar-refractivity contribution in [3.63, 3.8) is 0 Å². The van der Waals surface area contributed by atoms with Gasteiger partial charge in [0.1, 0.15) is 18.2 Å². The molecule has 3 rings (SSSR count). The molecule has 3 aromatic rings. The molecule has 0 radical (unpaired) electrons. The van der Waals surface area contributed by atoms with Gasteiger partial charge in [-0.3, -0.25) is 14.7 Å². The molecule has 0 spiro atoms. The van der Waals surface area contributed by atoms with Crippen LogP contribution < -0.4 is 5.32 Å². The van der Waals surface area contributed by atoms with Crippen LogP contribution in [0.3, 0.4) is 0 Å². The minimum atomic E-state index is -0.524. The summed E-state index contributed by atoms with van der Waals surface area (Å²) in [6.07, 6.45) is 6.86. The van der Waals surface area contributed by atoms with Gasteiger partial charge in [-0.1, -0.05) is 6.07 Å². The molecule has 0 saturated carbocycles. The third-order valence-electron chi connectivity index (χ3n) is 3.40. The van der Waals surface area contributed by atoms with E-state index < -0.39 is 4.92 Å². The Hall–Kier alpha value is -3.73. The van der Waals surface area contributed by atoms with Gasteiger partial charge in [0.25, 0.3) is 5.69 Å². The third kappa shape index (κ3) is 3.20. The predicted octanol–water partition coefficient (Wildman–Crippen LogP) is 2.66. The molecule has 0 fully saturated rings. The van der Waals surface area contributed by atoms with Gasteiger partial charge in [0.2, 0.25) is 0 Å². The maximum Gasteiger partial charge on any atom is 0.270 e. The Bertz CT molecular complexity index is 897. The Labute approximate surface area is 137 Å². The van der Waals surface area contributed by atoms with Crippen molar-refractivity contribution in [3.05, 3.63) is 76.5 Å². The number of nitriles is 1. The highest BCUT2D eigenvalue weighted by atomic mass is 16.6. The first kappa shape index (κ1) is 15.2. The quantitative estimate of drug-likeness (QED) is 0.571. The van der Waals surface area contributed by atoms with Crippen LogP contribution >= 0.6 is 0 Å². The SMILES string of the molecule is N#Cc1cc([N+](=O)[O-])ccc1NCc1ccc(-n2ccnc2)nc1. The van der Waals surface area contributed by atoms with Crippen LogP contribution in [0.5, 0.6) is 0 Å². The number of hydrogen-bond donors (Lipinski definition) is 1. The second-order valence-corrected chi connectivity index (χ2v) is 4.95. The van der Waals surface area contributed by atoms with E-state index in [4.69, 9.17) is 5.26 Å². The fraction of sp³-hybridized carbons (Fsp3) is 0.0625. The summed E-state index contributed by atoms with van der Waals surface area (Å²) in [7, 11) is 0. The molecule has 118 valence electrons. The fourth-order valence-electron chi connectivity index (χ4n) is 2.16. The Morgan fingerprint density at radius 1 is 1.33 bits per heavy atom. The van der Waals surface area contributed by atoms with Crippen LogP contribution in [0.4, 0.5) is 11.4 Å². The van der Waals surface area contributed by atoms with Crippen LogP contribution in [-0.2, 0) is 6.54 Å². The van der Waals surface area contributed by atoms with Crippen molar-refractivity contribution < 1.29 is 4.92 Å². The molecule has 0 saturated heterocycles. The van der Waals surface area contributed by atoms with E-state index in [1.165, 1.54) is 18.2 Å². The van der Waals surface area contributed by atoms with Crippen molar-refractivity contribution >= 4 is 11.4 Å². The molecule has 8 heteroatoms. The predicted molar refractivity (Wildman–Crippen MR) is 86.5 cm³/mol. The standard InChI is InChI=1S/C16H12N6O2/c17-8-13-7-14(22(23)24)2-3-15(13)19-9-12-1-4-16(20-10-12)21-6-5-18-11-21/h1-7,10-11,19H,9H2. The van der Waals surface area contributed by atoms with E-state index in [0.717, 1.165) is 11.4 Å². The molecule has 0 unspecified atom stereocenters. The lowest BCUT2D eigenvalue weighted by molar-refractivity contribution is -0.384. The first-order valence-corrected chi connectivity index (χ1v) is 7.03. The lowest BCUT2D eigenvalue weighted by Gasteiger charge is -2.09. The van der Waals surface area contributed by atoms with E-state index in [1.54, 1.807) is 29.5 Å². The summed E-state index contributed by atoms with van der Waals surface area (Å²) in [6, 6.07) is 9.88. The first-order valence-electron chi connectivity index (χ1n) is 7.03. The van der Waals surface area contributed by atoms with Crippen LogP contribution in [-0.4, -0.2) is 19.5 Å². The van der Waals surface area contributed by atoms with Gasteiger partial charge in [0.15, 0.2) is 0 Å². The van der Waals surface area contributed by atoms with Crippen molar-refractivity contribution in [2.75, 3.05) is 5.32 Å².